The van der Waals surface area contributed by atoms with Gasteiger partial charge in [0.2, 0.25) is 11.8 Å². The maximum absolute atomic E-state index is 12.5. The highest BCUT2D eigenvalue weighted by molar-refractivity contribution is 8.00. The number of nitrogens with one attached hydrogen (secondary N) is 3. The number of hydrogen-bond acceptors (Lipinski definition) is 4. The topological polar surface area (TPSA) is 87.3 Å². The zero-order valence-corrected chi connectivity index (χ0v) is 18.3. The van der Waals surface area contributed by atoms with Crippen LogP contribution in [0, 0.1) is 0 Å². The molecule has 3 amide bonds. The van der Waals surface area contributed by atoms with Gasteiger partial charge in [0.15, 0.2) is 0 Å². The van der Waals surface area contributed by atoms with Crippen molar-refractivity contribution in [3.05, 3.63) is 29.8 Å². The van der Waals surface area contributed by atoms with Crippen molar-refractivity contribution in [1.29, 1.82) is 0 Å². The van der Waals surface area contributed by atoms with Gasteiger partial charge in [-0.25, -0.2) is 0 Å². The van der Waals surface area contributed by atoms with E-state index >= 15 is 0 Å². The summed E-state index contributed by atoms with van der Waals surface area (Å²) in [5.74, 6) is -0.258. The monoisotopic (exact) mass is 419 g/mol. The predicted octanol–water partition coefficient (Wildman–Crippen LogP) is 3.26. The predicted molar refractivity (Wildman–Crippen MR) is 117 cm³/mol. The Morgan fingerprint density at radius 1 is 1.00 bits per heavy atom. The van der Waals surface area contributed by atoms with E-state index in [1.54, 1.807) is 12.1 Å². The second-order valence-electron chi connectivity index (χ2n) is 7.80. The fourth-order valence-corrected chi connectivity index (χ4v) is 4.28. The molecule has 1 saturated carbocycles. The van der Waals surface area contributed by atoms with E-state index < -0.39 is 0 Å². The van der Waals surface area contributed by atoms with Crippen LogP contribution in [0.25, 0.3) is 0 Å². The molecule has 0 heterocycles. The molecule has 160 valence electrons. The van der Waals surface area contributed by atoms with Gasteiger partial charge in [-0.3, -0.25) is 14.4 Å². The molecule has 6 nitrogen and oxygen atoms in total. The van der Waals surface area contributed by atoms with Crippen LogP contribution in [0.4, 0.5) is 0 Å². The Morgan fingerprint density at radius 2 is 1.66 bits per heavy atom. The molecular weight excluding hydrogens is 386 g/mol. The summed E-state index contributed by atoms with van der Waals surface area (Å²) in [5.41, 5.74) is 0.480. The van der Waals surface area contributed by atoms with Crippen molar-refractivity contribution in [1.82, 2.24) is 16.0 Å². The van der Waals surface area contributed by atoms with Crippen LogP contribution in [-0.2, 0) is 9.59 Å². The molecule has 0 unspecified atom stereocenters. The lowest BCUT2D eigenvalue weighted by Gasteiger charge is -2.21. The fraction of sp³-hybridized carbons (Fsp3) is 0.591. The van der Waals surface area contributed by atoms with Gasteiger partial charge in [-0.05, 0) is 38.8 Å². The molecule has 29 heavy (non-hydrogen) atoms. The summed E-state index contributed by atoms with van der Waals surface area (Å²) < 4.78 is 0. The Morgan fingerprint density at radius 3 is 2.34 bits per heavy atom. The van der Waals surface area contributed by atoms with Crippen molar-refractivity contribution < 1.29 is 14.4 Å². The molecule has 1 aliphatic rings. The molecule has 0 saturated heterocycles. The first-order chi connectivity index (χ1) is 14.0. The van der Waals surface area contributed by atoms with Gasteiger partial charge in [-0.1, -0.05) is 44.2 Å². The SMILES string of the molecule is CC(C)NC(=O)CNC(=O)c1ccccc1SCC(=O)NC1CCCCCCC1. The van der Waals surface area contributed by atoms with Crippen molar-refractivity contribution in [2.45, 2.75) is 75.8 Å². The minimum Gasteiger partial charge on any atom is -0.353 e. The molecule has 0 aromatic heterocycles. The lowest BCUT2D eigenvalue weighted by Crippen LogP contribution is -2.40. The highest BCUT2D eigenvalue weighted by atomic mass is 32.2. The molecule has 0 aliphatic heterocycles. The van der Waals surface area contributed by atoms with Crippen molar-refractivity contribution in [2.24, 2.45) is 0 Å². The van der Waals surface area contributed by atoms with Gasteiger partial charge < -0.3 is 16.0 Å². The first kappa shape index (κ1) is 23.3. The normalized spacial score (nSPS) is 15.3. The van der Waals surface area contributed by atoms with Gasteiger partial charge >= 0.3 is 0 Å². The van der Waals surface area contributed by atoms with Gasteiger partial charge in [0.1, 0.15) is 0 Å². The zero-order chi connectivity index (χ0) is 21.1. The molecule has 0 radical (unpaired) electrons. The average Bonchev–Trinajstić information content (AvgIpc) is 2.66. The third-order valence-electron chi connectivity index (χ3n) is 4.82. The maximum atomic E-state index is 12.5. The molecule has 0 spiro atoms. The van der Waals surface area contributed by atoms with Gasteiger partial charge in [0.05, 0.1) is 17.9 Å². The van der Waals surface area contributed by atoms with E-state index in [1.807, 2.05) is 26.0 Å². The van der Waals surface area contributed by atoms with Crippen molar-refractivity contribution in [3.8, 4) is 0 Å². The Balaban J connectivity index is 1.85. The highest BCUT2D eigenvalue weighted by Gasteiger charge is 2.16. The van der Waals surface area contributed by atoms with Crippen LogP contribution in [0.5, 0.6) is 0 Å². The summed E-state index contributed by atoms with van der Waals surface area (Å²) in [4.78, 5) is 37.4. The Labute approximate surface area is 178 Å². The molecule has 1 aromatic rings. The Bertz CT molecular complexity index is 686. The first-order valence-electron chi connectivity index (χ1n) is 10.5. The van der Waals surface area contributed by atoms with Gasteiger partial charge in [0.25, 0.3) is 5.91 Å². The van der Waals surface area contributed by atoms with E-state index in [2.05, 4.69) is 16.0 Å². The van der Waals surface area contributed by atoms with Crippen LogP contribution in [0.15, 0.2) is 29.2 Å². The third kappa shape index (κ3) is 8.90. The number of hydrogen-bond donors (Lipinski definition) is 3. The molecular formula is C22H33N3O3S. The zero-order valence-electron chi connectivity index (χ0n) is 17.5. The number of amides is 3. The number of benzene rings is 1. The summed E-state index contributed by atoms with van der Waals surface area (Å²) in [5, 5.41) is 8.54. The second kappa shape index (κ2) is 12.5. The summed E-state index contributed by atoms with van der Waals surface area (Å²) in [6.45, 7) is 3.67. The summed E-state index contributed by atoms with van der Waals surface area (Å²) in [6.07, 6.45) is 8.24. The average molecular weight is 420 g/mol. The number of rotatable bonds is 8. The smallest absolute Gasteiger partial charge is 0.252 e. The fourth-order valence-electron chi connectivity index (χ4n) is 3.42. The van der Waals surface area contributed by atoms with E-state index in [9.17, 15) is 14.4 Å². The lowest BCUT2D eigenvalue weighted by molar-refractivity contribution is -0.121. The molecule has 3 N–H and O–H groups in total. The maximum Gasteiger partial charge on any atom is 0.252 e. The quantitative estimate of drug-likeness (QED) is 0.565. The molecule has 7 heteroatoms. The first-order valence-corrected chi connectivity index (χ1v) is 11.5. The summed E-state index contributed by atoms with van der Waals surface area (Å²) in [7, 11) is 0. The van der Waals surface area contributed by atoms with E-state index in [0.717, 1.165) is 17.7 Å². The standard InChI is InChI=1S/C22H33N3O3S/c1-16(2)24-20(26)14-23-22(28)18-12-8-9-13-19(18)29-15-21(27)25-17-10-6-4-3-5-7-11-17/h8-9,12-13,16-17H,3-7,10-11,14-15H2,1-2H3,(H,23,28)(H,24,26)(H,25,27). The van der Waals surface area contributed by atoms with Crippen LogP contribution in [0.1, 0.15) is 69.2 Å². The third-order valence-corrected chi connectivity index (χ3v) is 5.89. The minimum atomic E-state index is -0.313. The van der Waals surface area contributed by atoms with Crippen molar-refractivity contribution >= 4 is 29.5 Å². The molecule has 0 bridgehead atoms. The summed E-state index contributed by atoms with van der Waals surface area (Å²) >= 11 is 1.35. The van der Waals surface area contributed by atoms with Crippen LogP contribution < -0.4 is 16.0 Å². The van der Waals surface area contributed by atoms with Crippen molar-refractivity contribution in [3.63, 3.8) is 0 Å². The minimum absolute atomic E-state index is 0.00657. The second-order valence-corrected chi connectivity index (χ2v) is 8.82. The van der Waals surface area contributed by atoms with Crippen LogP contribution in [0.3, 0.4) is 0 Å². The van der Waals surface area contributed by atoms with E-state index in [4.69, 9.17) is 0 Å². The molecule has 2 rings (SSSR count). The molecule has 1 aliphatic carbocycles. The molecule has 1 aromatic carbocycles. The van der Waals surface area contributed by atoms with Gasteiger partial charge in [0, 0.05) is 17.0 Å². The number of carbonyl (C=O) groups excluding carboxylic acids is 3. The highest BCUT2D eigenvalue weighted by Crippen LogP contribution is 2.23. The largest absolute Gasteiger partial charge is 0.353 e. The number of carbonyl (C=O) groups is 3. The van der Waals surface area contributed by atoms with E-state index in [-0.39, 0.29) is 42.1 Å². The van der Waals surface area contributed by atoms with E-state index in [0.29, 0.717) is 5.56 Å². The molecule has 0 atom stereocenters. The molecule has 1 fully saturated rings. The Hall–Kier alpha value is -2.02. The van der Waals surface area contributed by atoms with Crippen LogP contribution in [0.2, 0.25) is 0 Å². The van der Waals surface area contributed by atoms with Crippen molar-refractivity contribution in [2.75, 3.05) is 12.3 Å². The van der Waals surface area contributed by atoms with E-state index in [1.165, 1.54) is 43.9 Å². The Kier molecular flexibility index (Phi) is 10.0. The van der Waals surface area contributed by atoms with Gasteiger partial charge in [-0.15, -0.1) is 11.8 Å². The summed E-state index contributed by atoms with van der Waals surface area (Å²) in [6, 6.07) is 7.46. The number of thioether (sulfide) groups is 1. The van der Waals surface area contributed by atoms with Crippen LogP contribution >= 0.6 is 11.8 Å². The van der Waals surface area contributed by atoms with Crippen LogP contribution in [-0.4, -0.2) is 42.1 Å². The van der Waals surface area contributed by atoms with Gasteiger partial charge in [-0.2, -0.15) is 0 Å². The lowest BCUT2D eigenvalue weighted by atomic mass is 9.97.